The number of urea groups is 1. The minimum Gasteiger partial charge on any atom is -0.493 e. The summed E-state index contributed by atoms with van der Waals surface area (Å²) in [7, 11) is 1.55. The predicted molar refractivity (Wildman–Crippen MR) is 115 cm³/mol. The molecule has 0 aromatic heterocycles. The van der Waals surface area contributed by atoms with Crippen LogP contribution in [0.3, 0.4) is 0 Å². The largest absolute Gasteiger partial charge is 0.493 e. The Bertz CT molecular complexity index is 961. The fourth-order valence-electron chi connectivity index (χ4n) is 2.75. The lowest BCUT2D eigenvalue weighted by atomic mass is 10.1. The summed E-state index contributed by atoms with van der Waals surface area (Å²) in [5.41, 5.74) is 1.81. The number of carbonyl (C=O) groups is 2. The molecule has 146 valence electrons. The Balaban J connectivity index is 1.86. The quantitative estimate of drug-likeness (QED) is 0.353. The maximum atomic E-state index is 12.3. The van der Waals surface area contributed by atoms with Crippen LogP contribution in [0.25, 0.3) is 6.08 Å². The molecule has 2 aromatic carbocycles. The van der Waals surface area contributed by atoms with Crippen LogP contribution in [0.15, 0.2) is 42.1 Å². The molecule has 3 rings (SSSR count). The van der Waals surface area contributed by atoms with Gasteiger partial charge in [-0.2, -0.15) is 0 Å². The van der Waals surface area contributed by atoms with Gasteiger partial charge in [-0.15, -0.1) is 0 Å². The minimum atomic E-state index is -0.417. The van der Waals surface area contributed by atoms with Crippen molar-refractivity contribution in [1.82, 2.24) is 10.2 Å². The molecule has 0 bridgehead atoms. The summed E-state index contributed by atoms with van der Waals surface area (Å²) < 4.78 is 12.2. The molecule has 0 unspecified atom stereocenters. The molecule has 1 aliphatic heterocycles. The van der Waals surface area contributed by atoms with Crippen LogP contribution in [-0.2, 0) is 11.4 Å². The van der Waals surface area contributed by atoms with E-state index in [4.69, 9.17) is 21.1 Å². The monoisotopic (exact) mass is 512 g/mol. The first-order chi connectivity index (χ1) is 13.4. The average molecular weight is 513 g/mol. The number of likely N-dealkylation sites (N-methyl/N-ethyl adjacent to an activating group) is 1. The van der Waals surface area contributed by atoms with Gasteiger partial charge in [-0.05, 0) is 59.4 Å². The van der Waals surface area contributed by atoms with Crippen LogP contribution in [0.1, 0.15) is 18.1 Å². The Labute approximate surface area is 181 Å². The number of nitrogens with zero attached hydrogens (tertiary/aromatic N) is 1. The van der Waals surface area contributed by atoms with Crippen molar-refractivity contribution in [3.05, 3.63) is 61.8 Å². The van der Waals surface area contributed by atoms with Gasteiger partial charge in [0.05, 0.1) is 10.7 Å². The van der Waals surface area contributed by atoms with Crippen LogP contribution < -0.4 is 14.8 Å². The van der Waals surface area contributed by atoms with Gasteiger partial charge in [-0.25, -0.2) is 4.79 Å². The normalized spacial score (nSPS) is 15.1. The summed E-state index contributed by atoms with van der Waals surface area (Å²) in [6.07, 6.45) is 1.62. The molecule has 1 fully saturated rings. The Morgan fingerprint density at radius 2 is 2.00 bits per heavy atom. The lowest BCUT2D eigenvalue weighted by Gasteiger charge is -2.14. The molecule has 6 nitrogen and oxygen atoms in total. The van der Waals surface area contributed by atoms with Gasteiger partial charge < -0.3 is 14.8 Å². The first-order valence-electron chi connectivity index (χ1n) is 8.52. The van der Waals surface area contributed by atoms with E-state index in [1.807, 2.05) is 30.3 Å². The zero-order chi connectivity index (χ0) is 20.3. The number of carbonyl (C=O) groups excluding carboxylic acids is 2. The number of halogens is 2. The van der Waals surface area contributed by atoms with Crippen molar-refractivity contribution in [2.24, 2.45) is 0 Å². The molecule has 0 radical (unpaired) electrons. The molecular weight excluding hydrogens is 495 g/mol. The third kappa shape index (κ3) is 4.25. The summed E-state index contributed by atoms with van der Waals surface area (Å²) in [5.74, 6) is 0.762. The van der Waals surface area contributed by atoms with E-state index in [1.54, 1.807) is 26.2 Å². The van der Waals surface area contributed by atoms with Gasteiger partial charge in [0.25, 0.3) is 5.91 Å². The SMILES string of the molecule is CCN1C(=O)N/C(=C/c2cc(I)c(OCc3ccccc3Cl)c(OC)c2)C1=O. The van der Waals surface area contributed by atoms with Crippen LogP contribution in [0.2, 0.25) is 5.02 Å². The summed E-state index contributed by atoms with van der Waals surface area (Å²) in [4.78, 5) is 25.2. The van der Waals surface area contributed by atoms with Gasteiger partial charge in [0, 0.05) is 17.1 Å². The van der Waals surface area contributed by atoms with E-state index in [9.17, 15) is 9.59 Å². The van der Waals surface area contributed by atoms with E-state index in [0.29, 0.717) is 35.2 Å². The van der Waals surface area contributed by atoms with E-state index < -0.39 is 6.03 Å². The molecule has 0 saturated carbocycles. The first kappa shape index (κ1) is 20.5. The second-order valence-corrected chi connectivity index (χ2v) is 7.52. The molecule has 8 heteroatoms. The van der Waals surface area contributed by atoms with Crippen LogP contribution in [0.5, 0.6) is 11.5 Å². The summed E-state index contributed by atoms with van der Waals surface area (Å²) in [6.45, 7) is 2.36. The van der Waals surface area contributed by atoms with Gasteiger partial charge in [-0.1, -0.05) is 29.8 Å². The highest BCUT2D eigenvalue weighted by molar-refractivity contribution is 14.1. The molecule has 2 aromatic rings. The topological polar surface area (TPSA) is 67.9 Å². The van der Waals surface area contributed by atoms with Crippen molar-refractivity contribution in [2.75, 3.05) is 13.7 Å². The lowest BCUT2D eigenvalue weighted by Crippen LogP contribution is -2.30. The summed E-state index contributed by atoms with van der Waals surface area (Å²) in [6, 6.07) is 10.7. The summed E-state index contributed by atoms with van der Waals surface area (Å²) in [5, 5.41) is 3.22. The van der Waals surface area contributed by atoms with Crippen molar-refractivity contribution in [3.8, 4) is 11.5 Å². The average Bonchev–Trinajstić information content (AvgIpc) is 2.94. The van der Waals surface area contributed by atoms with Gasteiger partial charge in [0.2, 0.25) is 0 Å². The highest BCUT2D eigenvalue weighted by Gasteiger charge is 2.32. The van der Waals surface area contributed by atoms with Crippen LogP contribution in [0.4, 0.5) is 4.79 Å². The molecular formula is C20H18ClIN2O4. The maximum absolute atomic E-state index is 12.3. The van der Waals surface area contributed by atoms with Gasteiger partial charge in [-0.3, -0.25) is 9.69 Å². The third-order valence-electron chi connectivity index (χ3n) is 4.17. The van der Waals surface area contributed by atoms with Crippen molar-refractivity contribution in [3.63, 3.8) is 0 Å². The zero-order valence-corrected chi connectivity index (χ0v) is 18.2. The first-order valence-corrected chi connectivity index (χ1v) is 9.98. The van der Waals surface area contributed by atoms with Crippen molar-refractivity contribution < 1.29 is 19.1 Å². The molecule has 1 N–H and O–H groups in total. The van der Waals surface area contributed by atoms with Gasteiger partial charge >= 0.3 is 6.03 Å². The molecule has 3 amide bonds. The number of ether oxygens (including phenoxy) is 2. The van der Waals surface area contributed by atoms with Gasteiger partial charge in [0.15, 0.2) is 11.5 Å². The Hall–Kier alpha value is -2.26. The number of benzene rings is 2. The van der Waals surface area contributed by atoms with E-state index in [-0.39, 0.29) is 11.6 Å². The minimum absolute atomic E-state index is 0.231. The highest BCUT2D eigenvalue weighted by atomic mass is 127. The number of methoxy groups -OCH3 is 1. The maximum Gasteiger partial charge on any atom is 0.328 e. The number of hydrogen-bond donors (Lipinski definition) is 1. The number of amides is 3. The van der Waals surface area contributed by atoms with Crippen molar-refractivity contribution in [1.29, 1.82) is 0 Å². The number of nitrogens with one attached hydrogen (secondary N) is 1. The zero-order valence-electron chi connectivity index (χ0n) is 15.3. The molecule has 0 aliphatic carbocycles. The van der Waals surface area contributed by atoms with E-state index in [2.05, 4.69) is 27.9 Å². The standard InChI is InChI=1S/C20H18ClIN2O4/c1-3-24-19(25)16(23-20(24)26)9-12-8-15(22)18(17(10-12)27-2)28-11-13-6-4-5-7-14(13)21/h4-10H,3,11H2,1-2H3,(H,23,26)/b16-9+. The molecule has 1 saturated heterocycles. The van der Waals surface area contributed by atoms with E-state index in [0.717, 1.165) is 14.0 Å². The van der Waals surface area contributed by atoms with Crippen LogP contribution in [-0.4, -0.2) is 30.5 Å². The van der Waals surface area contributed by atoms with Gasteiger partial charge in [0.1, 0.15) is 12.3 Å². The fourth-order valence-corrected chi connectivity index (χ4v) is 3.73. The van der Waals surface area contributed by atoms with E-state index >= 15 is 0 Å². The molecule has 1 heterocycles. The van der Waals surface area contributed by atoms with E-state index in [1.165, 1.54) is 0 Å². The second kappa shape index (κ2) is 8.83. The predicted octanol–water partition coefficient (Wildman–Crippen LogP) is 4.44. The molecule has 28 heavy (non-hydrogen) atoms. The number of hydrogen-bond acceptors (Lipinski definition) is 4. The van der Waals surface area contributed by atoms with Crippen molar-refractivity contribution >= 4 is 52.2 Å². The number of imide groups is 1. The summed E-state index contributed by atoms with van der Waals surface area (Å²) >= 11 is 8.33. The Morgan fingerprint density at radius 1 is 1.25 bits per heavy atom. The Kier molecular flexibility index (Phi) is 6.46. The second-order valence-electron chi connectivity index (χ2n) is 5.95. The smallest absolute Gasteiger partial charge is 0.328 e. The Morgan fingerprint density at radius 3 is 2.64 bits per heavy atom. The molecule has 0 atom stereocenters. The molecule has 0 spiro atoms. The van der Waals surface area contributed by atoms with Crippen molar-refractivity contribution in [2.45, 2.75) is 13.5 Å². The number of rotatable bonds is 6. The highest BCUT2D eigenvalue weighted by Crippen LogP contribution is 2.35. The lowest BCUT2D eigenvalue weighted by molar-refractivity contribution is -0.122. The molecule has 1 aliphatic rings. The van der Waals surface area contributed by atoms with Crippen LogP contribution in [0, 0.1) is 3.57 Å². The fraction of sp³-hybridized carbons (Fsp3) is 0.200. The third-order valence-corrected chi connectivity index (χ3v) is 5.34. The van der Waals surface area contributed by atoms with Crippen LogP contribution >= 0.6 is 34.2 Å².